The molecule has 0 aliphatic rings. The van der Waals surface area contributed by atoms with Gasteiger partial charge in [-0.1, -0.05) is 23.8 Å². The first-order valence-corrected chi connectivity index (χ1v) is 9.66. The highest BCUT2D eigenvalue weighted by molar-refractivity contribution is 7.91. The molecule has 0 unspecified atom stereocenters. The van der Waals surface area contributed by atoms with Gasteiger partial charge >= 0.3 is 5.97 Å². The average molecular weight is 375 g/mol. The number of anilines is 1. The number of benzene rings is 2. The topological polar surface area (TPSA) is 89.5 Å². The molecule has 2 aromatic rings. The summed E-state index contributed by atoms with van der Waals surface area (Å²) < 4.78 is 29.3. The Morgan fingerprint density at radius 2 is 1.69 bits per heavy atom. The maximum atomic E-state index is 12.3. The second kappa shape index (κ2) is 8.14. The van der Waals surface area contributed by atoms with Crippen LogP contribution in [0.2, 0.25) is 0 Å². The Balaban J connectivity index is 2.05. The number of amides is 1. The molecule has 0 atom stereocenters. The minimum atomic E-state index is -3.54. The predicted octanol–water partition coefficient (Wildman–Crippen LogP) is 2.89. The summed E-state index contributed by atoms with van der Waals surface area (Å²) in [4.78, 5) is 23.9. The lowest BCUT2D eigenvalue weighted by molar-refractivity contribution is -0.115. The van der Waals surface area contributed by atoms with E-state index in [1.807, 2.05) is 6.92 Å². The van der Waals surface area contributed by atoms with Crippen molar-refractivity contribution in [2.24, 2.45) is 0 Å². The second-order valence-electron chi connectivity index (χ2n) is 5.95. The van der Waals surface area contributed by atoms with Crippen LogP contribution >= 0.6 is 0 Å². The number of hydrogen-bond donors (Lipinski definition) is 1. The first-order chi connectivity index (χ1) is 12.2. The van der Waals surface area contributed by atoms with Gasteiger partial charge in [0.15, 0.2) is 9.84 Å². The third kappa shape index (κ3) is 4.92. The first-order valence-electron chi connectivity index (χ1n) is 8.01. The summed E-state index contributed by atoms with van der Waals surface area (Å²) in [7, 11) is -2.26. The molecule has 0 spiro atoms. The molecule has 7 heteroatoms. The monoisotopic (exact) mass is 375 g/mol. The molecule has 0 heterocycles. The highest BCUT2D eigenvalue weighted by Crippen LogP contribution is 2.18. The Labute approximate surface area is 153 Å². The van der Waals surface area contributed by atoms with Gasteiger partial charge in [-0.2, -0.15) is 0 Å². The smallest absolute Gasteiger partial charge is 0.337 e. The number of hydrogen-bond acceptors (Lipinski definition) is 5. The van der Waals surface area contributed by atoms with Gasteiger partial charge in [-0.25, -0.2) is 13.2 Å². The summed E-state index contributed by atoms with van der Waals surface area (Å²) in [5, 5.41) is 2.65. The van der Waals surface area contributed by atoms with Crippen molar-refractivity contribution in [3.63, 3.8) is 0 Å². The van der Waals surface area contributed by atoms with Crippen LogP contribution in [0.15, 0.2) is 47.4 Å². The average Bonchev–Trinajstić information content (AvgIpc) is 2.61. The van der Waals surface area contributed by atoms with Crippen LogP contribution in [0.5, 0.6) is 0 Å². The quantitative estimate of drug-likeness (QED) is 0.784. The van der Waals surface area contributed by atoms with Gasteiger partial charge < -0.3 is 10.1 Å². The van der Waals surface area contributed by atoms with E-state index in [0.29, 0.717) is 11.3 Å². The first kappa shape index (κ1) is 19.7. The largest absolute Gasteiger partial charge is 0.465 e. The van der Waals surface area contributed by atoms with E-state index in [0.717, 1.165) is 11.1 Å². The molecular weight excluding hydrogens is 354 g/mol. The number of aryl methyl sites for hydroxylation is 2. The number of esters is 1. The Kier molecular flexibility index (Phi) is 6.15. The number of ether oxygens (including phenoxy) is 1. The number of carbonyl (C=O) groups excluding carboxylic acids is 2. The molecule has 138 valence electrons. The lowest BCUT2D eigenvalue weighted by Gasteiger charge is -2.10. The molecule has 6 nitrogen and oxygen atoms in total. The van der Waals surface area contributed by atoms with E-state index in [1.54, 1.807) is 31.2 Å². The predicted molar refractivity (Wildman–Crippen MR) is 99.0 cm³/mol. The van der Waals surface area contributed by atoms with Crippen molar-refractivity contribution in [2.75, 3.05) is 18.2 Å². The van der Waals surface area contributed by atoms with E-state index in [1.165, 1.54) is 25.3 Å². The molecular formula is C19H21NO5S. The van der Waals surface area contributed by atoms with Crippen molar-refractivity contribution in [3.05, 3.63) is 59.2 Å². The van der Waals surface area contributed by atoms with Crippen LogP contribution in [0.3, 0.4) is 0 Å². The molecule has 0 saturated heterocycles. The molecule has 1 N–H and O–H groups in total. The fraction of sp³-hybridized carbons (Fsp3) is 0.263. The summed E-state index contributed by atoms with van der Waals surface area (Å²) in [5.41, 5.74) is 2.47. The van der Waals surface area contributed by atoms with Crippen molar-refractivity contribution in [3.8, 4) is 0 Å². The van der Waals surface area contributed by atoms with Crippen molar-refractivity contribution in [1.29, 1.82) is 0 Å². The molecule has 0 radical (unpaired) electrons. The SMILES string of the molecule is COC(=O)c1ccc(C)c(NC(=O)CCS(=O)(=O)c2ccc(C)cc2)c1. The van der Waals surface area contributed by atoms with E-state index < -0.39 is 21.7 Å². The number of carbonyl (C=O) groups is 2. The zero-order valence-electron chi connectivity index (χ0n) is 14.9. The fourth-order valence-corrected chi connectivity index (χ4v) is 3.55. The van der Waals surface area contributed by atoms with Gasteiger partial charge in [0, 0.05) is 12.1 Å². The standard InChI is InChI=1S/C19H21NO5S/c1-13-4-8-16(9-5-13)26(23,24)11-10-18(21)20-17-12-15(19(22)25-3)7-6-14(17)2/h4-9,12H,10-11H2,1-3H3,(H,20,21). The van der Waals surface area contributed by atoms with Gasteiger partial charge in [0.1, 0.15) is 0 Å². The van der Waals surface area contributed by atoms with Crippen LogP contribution in [0.1, 0.15) is 27.9 Å². The maximum absolute atomic E-state index is 12.3. The van der Waals surface area contributed by atoms with E-state index >= 15 is 0 Å². The van der Waals surface area contributed by atoms with Crippen LogP contribution in [-0.4, -0.2) is 33.2 Å². The summed E-state index contributed by atoms with van der Waals surface area (Å²) in [6.45, 7) is 3.65. The van der Waals surface area contributed by atoms with Crippen molar-refractivity contribution in [1.82, 2.24) is 0 Å². The van der Waals surface area contributed by atoms with Crippen LogP contribution in [-0.2, 0) is 19.4 Å². The summed E-state index contributed by atoms with van der Waals surface area (Å²) in [6, 6.07) is 11.3. The molecule has 0 bridgehead atoms. The van der Waals surface area contributed by atoms with Crippen LogP contribution in [0.25, 0.3) is 0 Å². The van der Waals surface area contributed by atoms with E-state index in [-0.39, 0.29) is 17.1 Å². The fourth-order valence-electron chi connectivity index (χ4n) is 2.30. The second-order valence-corrected chi connectivity index (χ2v) is 8.06. The van der Waals surface area contributed by atoms with Gasteiger partial charge in [-0.3, -0.25) is 4.79 Å². The molecule has 0 saturated carbocycles. The number of nitrogens with one attached hydrogen (secondary N) is 1. The van der Waals surface area contributed by atoms with Gasteiger partial charge in [-0.15, -0.1) is 0 Å². The highest BCUT2D eigenvalue weighted by atomic mass is 32.2. The number of methoxy groups -OCH3 is 1. The molecule has 0 aromatic heterocycles. The normalized spacial score (nSPS) is 11.0. The minimum absolute atomic E-state index is 0.182. The van der Waals surface area contributed by atoms with Crippen molar-refractivity contribution < 1.29 is 22.7 Å². The number of rotatable bonds is 6. The third-order valence-electron chi connectivity index (χ3n) is 3.91. The summed E-state index contributed by atoms with van der Waals surface area (Å²) >= 11 is 0. The Morgan fingerprint density at radius 3 is 2.31 bits per heavy atom. The molecule has 2 aromatic carbocycles. The van der Waals surface area contributed by atoms with Gasteiger partial charge in [-0.05, 0) is 43.7 Å². The molecule has 0 aliphatic carbocycles. The number of sulfone groups is 1. The minimum Gasteiger partial charge on any atom is -0.465 e. The zero-order chi connectivity index (χ0) is 19.3. The third-order valence-corrected chi connectivity index (χ3v) is 5.64. The Hall–Kier alpha value is -2.67. The van der Waals surface area contributed by atoms with Crippen LogP contribution in [0, 0.1) is 13.8 Å². The molecule has 0 aliphatic heterocycles. The van der Waals surface area contributed by atoms with Crippen molar-refractivity contribution in [2.45, 2.75) is 25.2 Å². The molecule has 2 rings (SSSR count). The highest BCUT2D eigenvalue weighted by Gasteiger charge is 2.17. The van der Waals surface area contributed by atoms with E-state index in [9.17, 15) is 18.0 Å². The lowest BCUT2D eigenvalue weighted by atomic mass is 10.1. The Bertz CT molecular complexity index is 917. The van der Waals surface area contributed by atoms with Crippen molar-refractivity contribution >= 4 is 27.4 Å². The Morgan fingerprint density at radius 1 is 1.04 bits per heavy atom. The lowest BCUT2D eigenvalue weighted by Crippen LogP contribution is -2.18. The maximum Gasteiger partial charge on any atom is 0.337 e. The molecule has 1 amide bonds. The molecule has 26 heavy (non-hydrogen) atoms. The van der Waals surface area contributed by atoms with Crippen LogP contribution < -0.4 is 5.32 Å². The zero-order valence-corrected chi connectivity index (χ0v) is 15.7. The van der Waals surface area contributed by atoms with E-state index in [4.69, 9.17) is 0 Å². The van der Waals surface area contributed by atoms with E-state index in [2.05, 4.69) is 10.1 Å². The molecule has 0 fully saturated rings. The van der Waals surface area contributed by atoms with Crippen LogP contribution in [0.4, 0.5) is 5.69 Å². The summed E-state index contributed by atoms with van der Waals surface area (Å²) in [6.07, 6.45) is -0.182. The van der Waals surface area contributed by atoms with Gasteiger partial charge in [0.2, 0.25) is 5.91 Å². The van der Waals surface area contributed by atoms with Gasteiger partial charge in [0.05, 0.1) is 23.3 Å². The summed E-state index contributed by atoms with van der Waals surface area (Å²) in [5.74, 6) is -1.24. The van der Waals surface area contributed by atoms with Gasteiger partial charge in [0.25, 0.3) is 0 Å².